The first-order chi connectivity index (χ1) is 15.8. The maximum Gasteiger partial charge on any atom is 0.227 e. The SMILES string of the molecule is COc1cc2nc(Nc3ccc(F)c(Cl)c3)ncc2cc1O[C@H]1CC[C@@H](N(C)C(C)=O)CC1. The Morgan fingerprint density at radius 3 is 2.61 bits per heavy atom. The molecule has 0 radical (unpaired) electrons. The van der Waals surface area contributed by atoms with E-state index >= 15 is 0 Å². The van der Waals surface area contributed by atoms with Crippen molar-refractivity contribution in [3.63, 3.8) is 0 Å². The van der Waals surface area contributed by atoms with Gasteiger partial charge >= 0.3 is 0 Å². The van der Waals surface area contributed by atoms with Gasteiger partial charge in [-0.2, -0.15) is 0 Å². The summed E-state index contributed by atoms with van der Waals surface area (Å²) < 4.78 is 25.2. The average Bonchev–Trinajstić information content (AvgIpc) is 2.81. The van der Waals surface area contributed by atoms with Crippen molar-refractivity contribution in [2.75, 3.05) is 19.5 Å². The van der Waals surface area contributed by atoms with Crippen LogP contribution in [0.2, 0.25) is 5.02 Å². The van der Waals surface area contributed by atoms with Crippen LogP contribution in [0.1, 0.15) is 32.6 Å². The molecular weight excluding hydrogens is 447 g/mol. The van der Waals surface area contributed by atoms with Crippen LogP contribution in [0.4, 0.5) is 16.0 Å². The second-order valence-electron chi connectivity index (χ2n) is 8.19. The molecule has 2 aromatic carbocycles. The van der Waals surface area contributed by atoms with Crippen LogP contribution in [-0.2, 0) is 4.79 Å². The Morgan fingerprint density at radius 1 is 1.18 bits per heavy atom. The largest absolute Gasteiger partial charge is 0.493 e. The summed E-state index contributed by atoms with van der Waals surface area (Å²) >= 11 is 5.85. The lowest BCUT2D eigenvalue weighted by Crippen LogP contribution is -2.40. The van der Waals surface area contributed by atoms with E-state index in [0.29, 0.717) is 28.7 Å². The second-order valence-corrected chi connectivity index (χ2v) is 8.59. The summed E-state index contributed by atoms with van der Waals surface area (Å²) in [5.74, 6) is 1.18. The highest BCUT2D eigenvalue weighted by molar-refractivity contribution is 6.31. The number of carbonyl (C=O) groups is 1. The molecule has 1 aliphatic carbocycles. The Hall–Kier alpha value is -3.13. The number of anilines is 2. The summed E-state index contributed by atoms with van der Waals surface area (Å²) in [7, 11) is 3.45. The fourth-order valence-corrected chi connectivity index (χ4v) is 4.22. The first kappa shape index (κ1) is 23.0. The van der Waals surface area contributed by atoms with Crippen LogP contribution in [0.25, 0.3) is 10.9 Å². The highest BCUT2D eigenvalue weighted by Gasteiger charge is 2.27. The number of aromatic nitrogens is 2. The maximum atomic E-state index is 13.4. The molecule has 0 spiro atoms. The Balaban J connectivity index is 1.49. The Bertz CT molecular complexity index is 1170. The molecule has 0 saturated heterocycles. The third-order valence-electron chi connectivity index (χ3n) is 6.02. The van der Waals surface area contributed by atoms with Crippen molar-refractivity contribution in [1.82, 2.24) is 14.9 Å². The van der Waals surface area contributed by atoms with Gasteiger partial charge in [-0.15, -0.1) is 0 Å². The minimum absolute atomic E-state index is 0.0196. The fraction of sp³-hybridized carbons (Fsp3) is 0.375. The van der Waals surface area contributed by atoms with Gasteiger partial charge in [0.1, 0.15) is 5.82 Å². The van der Waals surface area contributed by atoms with E-state index in [1.165, 1.54) is 12.1 Å². The summed E-state index contributed by atoms with van der Waals surface area (Å²) in [4.78, 5) is 22.3. The summed E-state index contributed by atoms with van der Waals surface area (Å²) in [6.45, 7) is 1.60. The number of fused-ring (bicyclic) bond motifs is 1. The Morgan fingerprint density at radius 2 is 1.94 bits per heavy atom. The van der Waals surface area contributed by atoms with E-state index in [2.05, 4.69) is 15.3 Å². The molecule has 33 heavy (non-hydrogen) atoms. The van der Waals surface area contributed by atoms with Gasteiger partial charge in [0, 0.05) is 43.4 Å². The van der Waals surface area contributed by atoms with Gasteiger partial charge in [-0.25, -0.2) is 14.4 Å². The van der Waals surface area contributed by atoms with E-state index in [9.17, 15) is 9.18 Å². The zero-order chi connectivity index (χ0) is 23.5. The number of amides is 1. The van der Waals surface area contributed by atoms with E-state index in [1.54, 1.807) is 26.3 Å². The zero-order valence-electron chi connectivity index (χ0n) is 18.8. The highest BCUT2D eigenvalue weighted by atomic mass is 35.5. The molecule has 1 amide bonds. The van der Waals surface area contributed by atoms with Crippen LogP contribution in [0.3, 0.4) is 0 Å². The lowest BCUT2D eigenvalue weighted by molar-refractivity contribution is -0.130. The number of halogens is 2. The van der Waals surface area contributed by atoms with Gasteiger partial charge in [-0.05, 0) is 49.9 Å². The Labute approximate surface area is 196 Å². The van der Waals surface area contributed by atoms with Crippen molar-refractivity contribution < 1.29 is 18.7 Å². The number of benzene rings is 2. The van der Waals surface area contributed by atoms with Gasteiger partial charge in [-0.1, -0.05) is 11.6 Å². The number of carbonyl (C=O) groups excluding carboxylic acids is 1. The average molecular weight is 473 g/mol. The first-order valence-corrected chi connectivity index (χ1v) is 11.2. The molecule has 7 nitrogen and oxygen atoms in total. The quantitative estimate of drug-likeness (QED) is 0.521. The monoisotopic (exact) mass is 472 g/mol. The third-order valence-corrected chi connectivity index (χ3v) is 6.31. The Kier molecular flexibility index (Phi) is 6.83. The topological polar surface area (TPSA) is 76.6 Å². The predicted octanol–water partition coefficient (Wildman–Crippen LogP) is 5.34. The highest BCUT2D eigenvalue weighted by Crippen LogP contribution is 2.35. The van der Waals surface area contributed by atoms with Gasteiger partial charge in [0.05, 0.1) is 23.8 Å². The van der Waals surface area contributed by atoms with Gasteiger partial charge in [0.25, 0.3) is 0 Å². The van der Waals surface area contributed by atoms with E-state index in [0.717, 1.165) is 31.1 Å². The molecule has 4 rings (SSSR count). The molecule has 1 heterocycles. The lowest BCUT2D eigenvalue weighted by atomic mass is 9.92. The molecule has 1 saturated carbocycles. The van der Waals surface area contributed by atoms with Crippen molar-refractivity contribution in [3.05, 3.63) is 47.4 Å². The third kappa shape index (κ3) is 5.27. The predicted molar refractivity (Wildman–Crippen MR) is 126 cm³/mol. The first-order valence-electron chi connectivity index (χ1n) is 10.8. The minimum Gasteiger partial charge on any atom is -0.493 e. The van der Waals surface area contributed by atoms with Crippen LogP contribution in [-0.4, -0.2) is 47.1 Å². The molecule has 0 atom stereocenters. The molecule has 0 bridgehead atoms. The molecular formula is C24H26ClFN4O3. The fourth-order valence-electron chi connectivity index (χ4n) is 4.04. The maximum absolute atomic E-state index is 13.4. The van der Waals surface area contributed by atoms with E-state index in [4.69, 9.17) is 21.1 Å². The molecule has 1 fully saturated rings. The van der Waals surface area contributed by atoms with Gasteiger partial charge in [-0.3, -0.25) is 4.79 Å². The molecule has 1 aliphatic rings. The van der Waals surface area contributed by atoms with Gasteiger partial charge < -0.3 is 19.7 Å². The van der Waals surface area contributed by atoms with E-state index in [-0.39, 0.29) is 23.1 Å². The normalized spacial score (nSPS) is 18.1. The summed E-state index contributed by atoms with van der Waals surface area (Å²) in [6.07, 6.45) is 5.29. The smallest absolute Gasteiger partial charge is 0.227 e. The summed E-state index contributed by atoms with van der Waals surface area (Å²) in [5.41, 5.74) is 1.26. The molecule has 9 heteroatoms. The van der Waals surface area contributed by atoms with Crippen molar-refractivity contribution in [3.8, 4) is 11.5 Å². The van der Waals surface area contributed by atoms with Crippen molar-refractivity contribution >= 4 is 40.0 Å². The number of hydrogen-bond donors (Lipinski definition) is 1. The number of nitrogens with zero attached hydrogens (tertiary/aromatic N) is 3. The van der Waals surface area contributed by atoms with Gasteiger partial charge in [0.15, 0.2) is 11.5 Å². The molecule has 0 aliphatic heterocycles. The van der Waals surface area contributed by atoms with Crippen molar-refractivity contribution in [2.24, 2.45) is 0 Å². The van der Waals surface area contributed by atoms with E-state index in [1.807, 2.05) is 24.1 Å². The van der Waals surface area contributed by atoms with E-state index < -0.39 is 5.82 Å². The number of rotatable bonds is 6. The molecule has 0 unspecified atom stereocenters. The van der Waals surface area contributed by atoms with Crippen molar-refractivity contribution in [1.29, 1.82) is 0 Å². The second kappa shape index (κ2) is 9.79. The number of nitrogens with one attached hydrogen (secondary N) is 1. The molecule has 1 N–H and O–H groups in total. The van der Waals surface area contributed by atoms with Crippen LogP contribution >= 0.6 is 11.6 Å². The van der Waals surface area contributed by atoms with Crippen molar-refractivity contribution in [2.45, 2.75) is 44.8 Å². The standard InChI is InChI=1S/C24H26ClFN4O3/c1-14(31)30(2)17-5-7-18(8-6-17)33-23-10-15-13-27-24(29-21(15)12-22(23)32-3)28-16-4-9-20(26)19(25)11-16/h4,9-13,17-18H,5-8H2,1-3H3,(H,27,28,29)/t17-,18+. The number of hydrogen-bond acceptors (Lipinski definition) is 6. The van der Waals surface area contributed by atoms with Crippen LogP contribution in [0.5, 0.6) is 11.5 Å². The number of ether oxygens (including phenoxy) is 2. The summed E-state index contributed by atoms with van der Waals surface area (Å²) in [6, 6.07) is 8.27. The van der Waals surface area contributed by atoms with Gasteiger partial charge in [0.2, 0.25) is 11.9 Å². The minimum atomic E-state index is -0.488. The van der Waals surface area contributed by atoms with Crippen LogP contribution < -0.4 is 14.8 Å². The molecule has 174 valence electrons. The zero-order valence-corrected chi connectivity index (χ0v) is 19.5. The number of methoxy groups -OCH3 is 1. The summed E-state index contributed by atoms with van der Waals surface area (Å²) in [5, 5.41) is 3.85. The van der Waals surface area contributed by atoms with Crippen LogP contribution in [0, 0.1) is 5.82 Å². The lowest BCUT2D eigenvalue weighted by Gasteiger charge is -2.34. The molecule has 3 aromatic rings. The van der Waals surface area contributed by atoms with Crippen LogP contribution in [0.15, 0.2) is 36.5 Å². The molecule has 1 aromatic heterocycles.